The zero-order chi connectivity index (χ0) is 21.1. The lowest BCUT2D eigenvalue weighted by Crippen LogP contribution is -2.37. The number of aromatic nitrogens is 4. The number of nitrogens with zero attached hydrogens (tertiary/aromatic N) is 6. The van der Waals surface area contributed by atoms with Crippen molar-refractivity contribution >= 4 is 23.3 Å². The first kappa shape index (κ1) is 20.5. The van der Waals surface area contributed by atoms with E-state index in [1.165, 1.54) is 21.6 Å². The lowest BCUT2D eigenvalue weighted by molar-refractivity contribution is -0.389. The molecule has 0 aliphatic carbocycles. The minimum atomic E-state index is -0.748. The van der Waals surface area contributed by atoms with E-state index in [0.29, 0.717) is 36.6 Å². The molecule has 2 amide bonds. The number of hydrogen-bond donors (Lipinski definition) is 1. The summed E-state index contributed by atoms with van der Waals surface area (Å²) in [4.78, 5) is 38.0. The fourth-order valence-corrected chi connectivity index (χ4v) is 3.59. The van der Waals surface area contributed by atoms with Crippen LogP contribution in [0.3, 0.4) is 0 Å². The summed E-state index contributed by atoms with van der Waals surface area (Å²) in [5.74, 6) is -0.885. The first-order valence-electron chi connectivity index (χ1n) is 9.66. The van der Waals surface area contributed by atoms with Gasteiger partial charge < -0.3 is 20.3 Å². The summed E-state index contributed by atoms with van der Waals surface area (Å²) in [5.41, 5.74) is 1.15. The Morgan fingerprint density at radius 2 is 2.00 bits per heavy atom. The van der Waals surface area contributed by atoms with Gasteiger partial charge in [-0.15, -0.1) is 0 Å². The largest absolute Gasteiger partial charge is 0.390 e. The molecule has 29 heavy (non-hydrogen) atoms. The van der Waals surface area contributed by atoms with Gasteiger partial charge in [0.15, 0.2) is 6.04 Å². The maximum atomic E-state index is 12.9. The van der Waals surface area contributed by atoms with Crippen LogP contribution in [0.2, 0.25) is 0 Å². The molecule has 3 rings (SSSR count). The minimum Gasteiger partial charge on any atom is -0.358 e. The Balaban J connectivity index is 1.83. The number of anilines is 1. The first-order valence-corrected chi connectivity index (χ1v) is 9.66. The molecule has 0 radical (unpaired) electrons. The molecule has 156 valence electrons. The summed E-state index contributed by atoms with van der Waals surface area (Å²) in [6.07, 6.45) is 4.84. The Morgan fingerprint density at radius 3 is 2.59 bits per heavy atom. The number of rotatable bonds is 6. The Morgan fingerprint density at radius 1 is 1.31 bits per heavy atom. The van der Waals surface area contributed by atoms with Crippen molar-refractivity contribution in [1.29, 1.82) is 0 Å². The molecule has 1 saturated heterocycles. The molecular formula is C18H25N7O4. The molecule has 0 aromatic carbocycles. The van der Waals surface area contributed by atoms with Gasteiger partial charge in [0.2, 0.25) is 0 Å². The summed E-state index contributed by atoms with van der Waals surface area (Å²) in [5, 5.41) is 21.8. The van der Waals surface area contributed by atoms with Crippen LogP contribution in [-0.4, -0.2) is 54.3 Å². The van der Waals surface area contributed by atoms with Crippen LogP contribution >= 0.6 is 0 Å². The van der Waals surface area contributed by atoms with Crippen LogP contribution in [0.15, 0.2) is 12.3 Å². The van der Waals surface area contributed by atoms with Crippen molar-refractivity contribution < 1.29 is 14.5 Å². The highest BCUT2D eigenvalue weighted by Gasteiger charge is 2.30. The average Bonchev–Trinajstić information content (AvgIpc) is 3.26. The van der Waals surface area contributed by atoms with Gasteiger partial charge in [0.25, 0.3) is 11.8 Å². The molecule has 2 aromatic heterocycles. The molecule has 0 spiro atoms. The number of piperidine rings is 1. The third-order valence-corrected chi connectivity index (χ3v) is 5.12. The second kappa shape index (κ2) is 8.41. The maximum Gasteiger partial charge on any atom is 0.390 e. The van der Waals surface area contributed by atoms with Crippen LogP contribution in [0.4, 0.5) is 11.5 Å². The van der Waals surface area contributed by atoms with E-state index in [4.69, 9.17) is 0 Å². The predicted molar refractivity (Wildman–Crippen MR) is 105 cm³/mol. The van der Waals surface area contributed by atoms with Crippen molar-refractivity contribution in [2.75, 3.05) is 18.4 Å². The topological polar surface area (TPSA) is 128 Å². The predicted octanol–water partition coefficient (Wildman–Crippen LogP) is 2.05. The van der Waals surface area contributed by atoms with E-state index < -0.39 is 16.9 Å². The smallest absolute Gasteiger partial charge is 0.358 e. The molecular weight excluding hydrogens is 378 g/mol. The van der Waals surface area contributed by atoms with E-state index in [2.05, 4.69) is 15.5 Å². The molecule has 1 unspecified atom stereocenters. The number of nitro groups is 1. The number of likely N-dealkylation sites (tertiary alicyclic amines) is 1. The summed E-state index contributed by atoms with van der Waals surface area (Å²) in [7, 11) is 1.66. The lowest BCUT2D eigenvalue weighted by atomic mass is 10.1. The Labute approximate surface area is 167 Å². The molecule has 1 aliphatic heterocycles. The van der Waals surface area contributed by atoms with Crippen molar-refractivity contribution in [2.24, 2.45) is 7.05 Å². The monoisotopic (exact) mass is 403 g/mol. The van der Waals surface area contributed by atoms with Crippen molar-refractivity contribution in [3.05, 3.63) is 33.8 Å². The molecule has 0 bridgehead atoms. The number of carbonyl (C=O) groups excluding carboxylic acids is 2. The van der Waals surface area contributed by atoms with Gasteiger partial charge in [-0.2, -0.15) is 9.78 Å². The van der Waals surface area contributed by atoms with Crippen molar-refractivity contribution in [1.82, 2.24) is 24.5 Å². The number of aryl methyl sites for hydroxylation is 2. The second-order valence-corrected chi connectivity index (χ2v) is 7.14. The van der Waals surface area contributed by atoms with Crippen LogP contribution in [0, 0.1) is 17.0 Å². The van der Waals surface area contributed by atoms with E-state index in [1.54, 1.807) is 25.8 Å². The van der Waals surface area contributed by atoms with Gasteiger partial charge in [-0.25, -0.2) is 0 Å². The number of nitrogens with one attached hydrogen (secondary N) is 1. The SMILES string of the molecule is CCC(C(=O)Nc1cnn(C)c1C(=O)N1CCCCC1)n1nc([N+](=O)[O-])cc1C. The number of carbonyl (C=O) groups is 2. The van der Waals surface area contributed by atoms with E-state index in [-0.39, 0.29) is 11.7 Å². The zero-order valence-corrected chi connectivity index (χ0v) is 16.8. The van der Waals surface area contributed by atoms with Crippen LogP contribution in [0.25, 0.3) is 0 Å². The first-order chi connectivity index (χ1) is 13.8. The Bertz CT molecular complexity index is 927. The third kappa shape index (κ3) is 4.13. The van der Waals surface area contributed by atoms with Crippen molar-refractivity contribution in [3.8, 4) is 0 Å². The molecule has 1 atom stereocenters. The van der Waals surface area contributed by atoms with E-state index >= 15 is 0 Å². The summed E-state index contributed by atoms with van der Waals surface area (Å²) in [6.45, 7) is 4.82. The number of amides is 2. The summed E-state index contributed by atoms with van der Waals surface area (Å²) in [6, 6.07) is 0.576. The van der Waals surface area contributed by atoms with Crippen LogP contribution in [-0.2, 0) is 11.8 Å². The molecule has 1 aliphatic rings. The summed E-state index contributed by atoms with van der Waals surface area (Å²) < 4.78 is 2.80. The van der Waals surface area contributed by atoms with Crippen LogP contribution in [0.5, 0.6) is 0 Å². The van der Waals surface area contributed by atoms with E-state index in [0.717, 1.165) is 19.3 Å². The van der Waals surface area contributed by atoms with E-state index in [9.17, 15) is 19.7 Å². The van der Waals surface area contributed by atoms with E-state index in [1.807, 2.05) is 0 Å². The van der Waals surface area contributed by atoms with Crippen molar-refractivity contribution in [2.45, 2.75) is 45.6 Å². The van der Waals surface area contributed by atoms with Gasteiger partial charge in [-0.1, -0.05) is 6.92 Å². The Kier molecular flexibility index (Phi) is 5.95. The molecule has 2 aromatic rings. The van der Waals surface area contributed by atoms with Gasteiger partial charge in [-0.05, 0) is 37.5 Å². The van der Waals surface area contributed by atoms with Gasteiger partial charge in [0, 0.05) is 20.1 Å². The van der Waals surface area contributed by atoms with Crippen LogP contribution in [0.1, 0.15) is 54.8 Å². The normalized spacial score (nSPS) is 15.2. The molecule has 11 heteroatoms. The van der Waals surface area contributed by atoms with Gasteiger partial charge in [0.1, 0.15) is 5.69 Å². The van der Waals surface area contributed by atoms with Gasteiger partial charge in [-0.3, -0.25) is 14.3 Å². The third-order valence-electron chi connectivity index (χ3n) is 5.12. The zero-order valence-electron chi connectivity index (χ0n) is 16.8. The standard InChI is InChI=1S/C18H25N7O4/c1-4-14(24-12(2)10-15(21-24)25(28)29)17(26)20-13-11-19-22(3)16(13)18(27)23-8-6-5-7-9-23/h10-11,14H,4-9H2,1-3H3,(H,20,26). The quantitative estimate of drug-likeness (QED) is 0.581. The minimum absolute atomic E-state index is 0.168. The second-order valence-electron chi connectivity index (χ2n) is 7.14. The van der Waals surface area contributed by atoms with Gasteiger partial charge >= 0.3 is 5.82 Å². The number of hydrogen-bond acceptors (Lipinski definition) is 6. The van der Waals surface area contributed by atoms with Gasteiger partial charge in [0.05, 0.1) is 28.7 Å². The molecule has 1 fully saturated rings. The maximum absolute atomic E-state index is 12.9. The fourth-order valence-electron chi connectivity index (χ4n) is 3.59. The molecule has 3 heterocycles. The van der Waals surface area contributed by atoms with Crippen LogP contribution < -0.4 is 5.32 Å². The molecule has 0 saturated carbocycles. The fraction of sp³-hybridized carbons (Fsp3) is 0.556. The summed E-state index contributed by atoms with van der Waals surface area (Å²) >= 11 is 0. The average molecular weight is 403 g/mol. The molecule has 1 N–H and O–H groups in total. The highest BCUT2D eigenvalue weighted by atomic mass is 16.6. The Hall–Kier alpha value is -3.24. The lowest BCUT2D eigenvalue weighted by Gasteiger charge is -2.27. The van der Waals surface area contributed by atoms with Crippen molar-refractivity contribution in [3.63, 3.8) is 0 Å². The highest BCUT2D eigenvalue weighted by Crippen LogP contribution is 2.23. The highest BCUT2D eigenvalue weighted by molar-refractivity contribution is 6.03. The molecule has 11 nitrogen and oxygen atoms in total.